The monoisotopic (exact) mass is 314 g/mol. The van der Waals surface area contributed by atoms with Crippen molar-refractivity contribution in [2.24, 2.45) is 5.41 Å². The van der Waals surface area contributed by atoms with Gasteiger partial charge in [0.1, 0.15) is 5.67 Å². The molecule has 1 spiro atoms. The molecular formula is C17H27FO4. The number of hydrogen-bond donors (Lipinski definition) is 0. The molecule has 126 valence electrons. The van der Waals surface area contributed by atoms with E-state index in [0.717, 1.165) is 19.3 Å². The van der Waals surface area contributed by atoms with E-state index < -0.39 is 22.8 Å². The van der Waals surface area contributed by atoms with Gasteiger partial charge in [0.2, 0.25) is 0 Å². The molecule has 1 fully saturated rings. The highest BCUT2D eigenvalue weighted by molar-refractivity contribution is 5.78. The molecule has 2 rings (SSSR count). The molecule has 1 heterocycles. The Morgan fingerprint density at radius 2 is 1.91 bits per heavy atom. The number of ether oxygens (including phenoxy) is 3. The first-order valence-corrected chi connectivity index (χ1v) is 8.20. The van der Waals surface area contributed by atoms with Crippen LogP contribution in [0.4, 0.5) is 4.39 Å². The van der Waals surface area contributed by atoms with Crippen LogP contribution in [0.3, 0.4) is 0 Å². The van der Waals surface area contributed by atoms with Crippen LogP contribution in [0.2, 0.25) is 0 Å². The van der Waals surface area contributed by atoms with E-state index in [-0.39, 0.29) is 6.42 Å². The van der Waals surface area contributed by atoms with E-state index in [0.29, 0.717) is 26.2 Å². The number of hydrogen-bond acceptors (Lipinski definition) is 4. The van der Waals surface area contributed by atoms with Crippen molar-refractivity contribution in [3.05, 3.63) is 12.2 Å². The van der Waals surface area contributed by atoms with E-state index in [1.807, 2.05) is 0 Å². The quantitative estimate of drug-likeness (QED) is 0.427. The molecular weight excluding hydrogens is 287 g/mol. The van der Waals surface area contributed by atoms with Gasteiger partial charge in [-0.05, 0) is 38.8 Å². The average molecular weight is 314 g/mol. The number of carbonyl (C=O) groups is 1. The van der Waals surface area contributed by atoms with Gasteiger partial charge in [-0.25, -0.2) is 4.39 Å². The molecule has 22 heavy (non-hydrogen) atoms. The Morgan fingerprint density at radius 3 is 2.45 bits per heavy atom. The molecule has 1 saturated heterocycles. The maximum atomic E-state index is 15.3. The van der Waals surface area contributed by atoms with Gasteiger partial charge < -0.3 is 14.2 Å². The number of esters is 1. The minimum absolute atomic E-state index is 0.181. The van der Waals surface area contributed by atoms with Gasteiger partial charge in [0.15, 0.2) is 5.79 Å². The number of allylic oxidation sites excluding steroid dienone is 1. The highest BCUT2D eigenvalue weighted by Crippen LogP contribution is 2.46. The summed E-state index contributed by atoms with van der Waals surface area (Å²) in [6.45, 7) is 6.69. The Labute approximate surface area is 132 Å². The van der Waals surface area contributed by atoms with E-state index >= 15 is 4.39 Å². The van der Waals surface area contributed by atoms with Gasteiger partial charge in [-0.3, -0.25) is 4.79 Å². The fraction of sp³-hybridized carbons (Fsp3) is 0.824. The molecule has 0 aromatic carbocycles. The summed E-state index contributed by atoms with van der Waals surface area (Å²) in [4.78, 5) is 12.3. The van der Waals surface area contributed by atoms with Crippen LogP contribution in [0.1, 0.15) is 52.9 Å². The first-order valence-electron chi connectivity index (χ1n) is 8.20. The van der Waals surface area contributed by atoms with Crippen molar-refractivity contribution in [2.75, 3.05) is 19.8 Å². The van der Waals surface area contributed by atoms with Gasteiger partial charge in [0.25, 0.3) is 0 Å². The predicted octanol–water partition coefficient (Wildman–Crippen LogP) is 3.55. The molecule has 0 aromatic rings. The first kappa shape index (κ1) is 17.4. The Balaban J connectivity index is 2.00. The van der Waals surface area contributed by atoms with Crippen LogP contribution in [-0.4, -0.2) is 37.2 Å². The second-order valence-corrected chi connectivity index (χ2v) is 6.67. The van der Waals surface area contributed by atoms with Crippen molar-refractivity contribution in [3.63, 3.8) is 0 Å². The predicted molar refractivity (Wildman–Crippen MR) is 81.1 cm³/mol. The summed E-state index contributed by atoms with van der Waals surface area (Å²) in [5.41, 5.74) is -2.97. The first-order chi connectivity index (χ1) is 10.4. The van der Waals surface area contributed by atoms with Crippen LogP contribution >= 0.6 is 0 Å². The van der Waals surface area contributed by atoms with Crippen LogP contribution in [-0.2, 0) is 19.0 Å². The molecule has 1 unspecified atom stereocenters. The summed E-state index contributed by atoms with van der Waals surface area (Å²) in [7, 11) is 0. The molecule has 1 aliphatic carbocycles. The number of carbonyl (C=O) groups excluding carboxylic acids is 1. The Bertz CT molecular complexity index is 426. The van der Waals surface area contributed by atoms with Gasteiger partial charge in [0.05, 0.1) is 25.2 Å². The molecule has 2 aliphatic rings. The van der Waals surface area contributed by atoms with Crippen molar-refractivity contribution >= 4 is 5.97 Å². The summed E-state index contributed by atoms with van der Waals surface area (Å²) < 4.78 is 31.7. The van der Waals surface area contributed by atoms with Crippen LogP contribution in [0.15, 0.2) is 12.2 Å². The van der Waals surface area contributed by atoms with Gasteiger partial charge in [-0.1, -0.05) is 19.8 Å². The summed E-state index contributed by atoms with van der Waals surface area (Å²) in [5, 5.41) is 0. The van der Waals surface area contributed by atoms with Gasteiger partial charge in [-0.15, -0.1) is 0 Å². The van der Waals surface area contributed by atoms with Crippen molar-refractivity contribution in [3.8, 4) is 0 Å². The standard InChI is InChI=1S/C17H27FO4/c1-4-5-6-11-20-14(19)15(2,3)16(18)7-9-17(10-8-16)21-12-13-22-17/h7,9H,4-6,8,10-13H2,1-3H3. The summed E-state index contributed by atoms with van der Waals surface area (Å²) in [6.07, 6.45) is 6.51. The van der Waals surface area contributed by atoms with Crippen molar-refractivity contribution in [1.82, 2.24) is 0 Å². The lowest BCUT2D eigenvalue weighted by atomic mass is 9.70. The highest BCUT2D eigenvalue weighted by atomic mass is 19.1. The average Bonchev–Trinajstić information content (AvgIpc) is 2.95. The molecule has 4 nitrogen and oxygen atoms in total. The van der Waals surface area contributed by atoms with Crippen molar-refractivity contribution < 1.29 is 23.4 Å². The van der Waals surface area contributed by atoms with E-state index in [1.165, 1.54) is 6.08 Å². The van der Waals surface area contributed by atoms with E-state index in [2.05, 4.69) is 6.92 Å². The lowest BCUT2D eigenvalue weighted by Crippen LogP contribution is -2.49. The smallest absolute Gasteiger partial charge is 0.315 e. The van der Waals surface area contributed by atoms with Crippen LogP contribution < -0.4 is 0 Å². The van der Waals surface area contributed by atoms with E-state index in [9.17, 15) is 4.79 Å². The van der Waals surface area contributed by atoms with Crippen LogP contribution in [0.25, 0.3) is 0 Å². The second-order valence-electron chi connectivity index (χ2n) is 6.67. The van der Waals surface area contributed by atoms with Gasteiger partial charge >= 0.3 is 5.97 Å². The Hall–Kier alpha value is -0.940. The van der Waals surface area contributed by atoms with Crippen LogP contribution in [0.5, 0.6) is 0 Å². The molecule has 0 N–H and O–H groups in total. The molecule has 1 atom stereocenters. The maximum Gasteiger partial charge on any atom is 0.315 e. The van der Waals surface area contributed by atoms with Crippen molar-refractivity contribution in [2.45, 2.75) is 64.3 Å². The number of rotatable bonds is 6. The normalized spacial score (nSPS) is 27.3. The zero-order valence-corrected chi connectivity index (χ0v) is 13.8. The molecule has 0 radical (unpaired) electrons. The largest absolute Gasteiger partial charge is 0.465 e. The Kier molecular flexibility index (Phi) is 5.28. The fourth-order valence-electron chi connectivity index (χ4n) is 2.88. The molecule has 5 heteroatoms. The number of halogens is 1. The number of alkyl halides is 1. The molecule has 0 aromatic heterocycles. The lowest BCUT2D eigenvalue weighted by Gasteiger charge is -2.41. The number of unbranched alkanes of at least 4 members (excludes halogenated alkanes) is 2. The second kappa shape index (κ2) is 6.67. The molecule has 0 bridgehead atoms. The minimum Gasteiger partial charge on any atom is -0.465 e. The van der Waals surface area contributed by atoms with Crippen molar-refractivity contribution in [1.29, 1.82) is 0 Å². The Morgan fingerprint density at radius 1 is 1.23 bits per heavy atom. The van der Waals surface area contributed by atoms with Crippen LogP contribution in [0, 0.1) is 5.41 Å². The summed E-state index contributed by atoms with van der Waals surface area (Å²) in [5.74, 6) is -1.28. The summed E-state index contributed by atoms with van der Waals surface area (Å²) in [6, 6.07) is 0. The summed E-state index contributed by atoms with van der Waals surface area (Å²) >= 11 is 0. The molecule has 0 saturated carbocycles. The third-order valence-electron chi connectivity index (χ3n) is 4.75. The molecule has 1 aliphatic heterocycles. The SMILES string of the molecule is CCCCCOC(=O)C(C)(C)C1(F)C=CC2(CC1)OCCO2. The molecule has 0 amide bonds. The topological polar surface area (TPSA) is 44.8 Å². The third-order valence-corrected chi connectivity index (χ3v) is 4.75. The fourth-order valence-corrected chi connectivity index (χ4v) is 2.88. The zero-order valence-electron chi connectivity index (χ0n) is 13.8. The maximum absolute atomic E-state index is 15.3. The van der Waals surface area contributed by atoms with E-state index in [4.69, 9.17) is 14.2 Å². The zero-order chi connectivity index (χ0) is 16.3. The third kappa shape index (κ3) is 3.35. The minimum atomic E-state index is -1.74. The lowest BCUT2D eigenvalue weighted by molar-refractivity contribution is -0.168. The van der Waals surface area contributed by atoms with E-state index in [1.54, 1.807) is 19.9 Å². The van der Waals surface area contributed by atoms with Gasteiger partial charge in [-0.2, -0.15) is 0 Å². The van der Waals surface area contributed by atoms with Gasteiger partial charge in [0, 0.05) is 6.42 Å². The highest BCUT2D eigenvalue weighted by Gasteiger charge is 2.54.